The van der Waals surface area contributed by atoms with Gasteiger partial charge in [-0.3, -0.25) is 4.79 Å². The lowest BCUT2D eigenvalue weighted by Crippen LogP contribution is -2.02. The Hall–Kier alpha value is -1.42. The average molecular weight is 203 g/mol. The van der Waals surface area contributed by atoms with Crippen LogP contribution < -0.4 is 0 Å². The Balaban J connectivity index is 3.27. The summed E-state index contributed by atoms with van der Waals surface area (Å²) >= 11 is 5.08. The molecule has 3 nitrogen and oxygen atoms in total. The summed E-state index contributed by atoms with van der Waals surface area (Å²) in [6.07, 6.45) is 0. The fraction of sp³-hybridized carbons (Fsp3) is 0. The standard InChI is InChI=1S/C8H4ClFO3/c9-7(11)4-1-2-6(10)5(3-4)8(12)13/h1-3H,(H,12,13). The van der Waals surface area contributed by atoms with Crippen molar-refractivity contribution >= 4 is 22.8 Å². The molecule has 1 aromatic rings. The van der Waals surface area contributed by atoms with Crippen LogP contribution in [0.4, 0.5) is 4.39 Å². The number of carbonyl (C=O) groups is 2. The van der Waals surface area contributed by atoms with Crippen molar-refractivity contribution in [2.24, 2.45) is 0 Å². The third-order valence-electron chi connectivity index (χ3n) is 1.42. The number of halogens is 2. The SMILES string of the molecule is O=C(Cl)c1ccc(F)c(C(=O)O)c1. The summed E-state index contributed by atoms with van der Waals surface area (Å²) in [5.41, 5.74) is -0.605. The van der Waals surface area contributed by atoms with Gasteiger partial charge in [-0.1, -0.05) is 0 Å². The number of aromatic carboxylic acids is 1. The van der Waals surface area contributed by atoms with E-state index in [1.54, 1.807) is 0 Å². The molecular weight excluding hydrogens is 199 g/mol. The van der Waals surface area contributed by atoms with Crippen LogP contribution in [0, 0.1) is 5.82 Å². The smallest absolute Gasteiger partial charge is 0.338 e. The highest BCUT2D eigenvalue weighted by Crippen LogP contribution is 2.12. The first-order valence-corrected chi connectivity index (χ1v) is 3.63. The normalized spacial score (nSPS) is 9.69. The minimum atomic E-state index is -1.43. The Kier molecular flexibility index (Phi) is 2.63. The van der Waals surface area contributed by atoms with Gasteiger partial charge in [-0.05, 0) is 29.8 Å². The number of hydrogen-bond donors (Lipinski definition) is 1. The van der Waals surface area contributed by atoms with Crippen LogP contribution in [0.15, 0.2) is 18.2 Å². The molecule has 0 heterocycles. The van der Waals surface area contributed by atoms with Crippen molar-refractivity contribution < 1.29 is 19.1 Å². The van der Waals surface area contributed by atoms with Crippen molar-refractivity contribution in [3.8, 4) is 0 Å². The highest BCUT2D eigenvalue weighted by atomic mass is 35.5. The van der Waals surface area contributed by atoms with Gasteiger partial charge >= 0.3 is 5.97 Å². The Morgan fingerprint density at radius 1 is 1.38 bits per heavy atom. The Bertz CT molecular complexity index is 376. The number of hydrogen-bond acceptors (Lipinski definition) is 2. The molecule has 0 bridgehead atoms. The zero-order valence-electron chi connectivity index (χ0n) is 6.25. The summed E-state index contributed by atoms with van der Waals surface area (Å²) in [5.74, 6) is -2.33. The third kappa shape index (κ3) is 2.03. The van der Waals surface area contributed by atoms with Crippen molar-refractivity contribution in [3.63, 3.8) is 0 Å². The lowest BCUT2D eigenvalue weighted by atomic mass is 10.1. The van der Waals surface area contributed by atoms with Crippen LogP contribution in [-0.4, -0.2) is 16.3 Å². The van der Waals surface area contributed by atoms with Crippen LogP contribution in [0.5, 0.6) is 0 Å². The van der Waals surface area contributed by atoms with E-state index >= 15 is 0 Å². The first kappa shape index (κ1) is 9.67. The van der Waals surface area contributed by atoms with Gasteiger partial charge in [-0.25, -0.2) is 9.18 Å². The summed E-state index contributed by atoms with van der Waals surface area (Å²) in [7, 11) is 0. The fourth-order valence-electron chi connectivity index (χ4n) is 0.811. The Morgan fingerprint density at radius 3 is 2.46 bits per heavy atom. The van der Waals surface area contributed by atoms with Crippen LogP contribution in [0.25, 0.3) is 0 Å². The summed E-state index contributed by atoms with van der Waals surface area (Å²) in [6.45, 7) is 0. The van der Waals surface area contributed by atoms with Gasteiger partial charge in [0.1, 0.15) is 5.82 Å². The molecule has 0 amide bonds. The lowest BCUT2D eigenvalue weighted by Gasteiger charge is -1.98. The van der Waals surface area contributed by atoms with E-state index in [1.165, 1.54) is 0 Å². The van der Waals surface area contributed by atoms with E-state index in [2.05, 4.69) is 0 Å². The topological polar surface area (TPSA) is 54.4 Å². The minimum absolute atomic E-state index is 0.0412. The molecule has 1 rings (SSSR count). The third-order valence-corrected chi connectivity index (χ3v) is 1.64. The first-order valence-electron chi connectivity index (χ1n) is 3.25. The van der Waals surface area contributed by atoms with Crippen LogP contribution >= 0.6 is 11.6 Å². The molecule has 68 valence electrons. The number of carboxylic acids is 1. The van der Waals surface area contributed by atoms with Crippen molar-refractivity contribution in [2.45, 2.75) is 0 Å². The van der Waals surface area contributed by atoms with E-state index in [9.17, 15) is 14.0 Å². The van der Waals surface area contributed by atoms with E-state index in [0.717, 1.165) is 18.2 Å². The van der Waals surface area contributed by atoms with Gasteiger partial charge in [0.2, 0.25) is 0 Å². The molecule has 0 fully saturated rings. The maximum absolute atomic E-state index is 12.7. The molecule has 0 aliphatic rings. The molecule has 0 unspecified atom stereocenters. The second-order valence-electron chi connectivity index (χ2n) is 2.27. The van der Waals surface area contributed by atoms with Crippen molar-refractivity contribution in [1.82, 2.24) is 0 Å². The second kappa shape index (κ2) is 3.53. The lowest BCUT2D eigenvalue weighted by molar-refractivity contribution is 0.0692. The van der Waals surface area contributed by atoms with E-state index < -0.39 is 22.6 Å². The summed E-state index contributed by atoms with van der Waals surface area (Å²) in [6, 6.07) is 2.91. The van der Waals surface area contributed by atoms with E-state index in [-0.39, 0.29) is 5.56 Å². The van der Waals surface area contributed by atoms with Crippen LogP contribution in [0.1, 0.15) is 20.7 Å². The minimum Gasteiger partial charge on any atom is -0.478 e. The fourth-order valence-corrected chi connectivity index (χ4v) is 0.929. The summed E-state index contributed by atoms with van der Waals surface area (Å²) < 4.78 is 12.7. The quantitative estimate of drug-likeness (QED) is 0.746. The monoisotopic (exact) mass is 202 g/mol. The Labute approximate surface area is 77.7 Å². The van der Waals surface area contributed by atoms with Gasteiger partial charge in [0.05, 0.1) is 5.56 Å². The molecule has 1 aromatic carbocycles. The molecule has 1 N–H and O–H groups in total. The van der Waals surface area contributed by atoms with E-state index in [0.29, 0.717) is 0 Å². The molecule has 0 aliphatic heterocycles. The largest absolute Gasteiger partial charge is 0.478 e. The molecule has 0 saturated carbocycles. The number of carboxylic acid groups (broad SMARTS) is 1. The zero-order valence-corrected chi connectivity index (χ0v) is 7.01. The van der Waals surface area contributed by atoms with Crippen LogP contribution in [0.3, 0.4) is 0 Å². The highest BCUT2D eigenvalue weighted by molar-refractivity contribution is 6.67. The average Bonchev–Trinajstić information content (AvgIpc) is 2.04. The maximum atomic E-state index is 12.7. The van der Waals surface area contributed by atoms with Gasteiger partial charge in [-0.15, -0.1) is 0 Å². The molecule has 0 atom stereocenters. The number of benzene rings is 1. The van der Waals surface area contributed by atoms with Gasteiger partial charge in [0.15, 0.2) is 0 Å². The molecule has 0 spiro atoms. The van der Waals surface area contributed by atoms with Crippen LogP contribution in [0.2, 0.25) is 0 Å². The van der Waals surface area contributed by atoms with Crippen molar-refractivity contribution in [1.29, 1.82) is 0 Å². The maximum Gasteiger partial charge on any atom is 0.338 e. The van der Waals surface area contributed by atoms with E-state index in [4.69, 9.17) is 16.7 Å². The van der Waals surface area contributed by atoms with E-state index in [1.807, 2.05) is 0 Å². The highest BCUT2D eigenvalue weighted by Gasteiger charge is 2.12. The van der Waals surface area contributed by atoms with Crippen molar-refractivity contribution in [2.75, 3.05) is 0 Å². The summed E-state index contributed by atoms with van der Waals surface area (Å²) in [5, 5.41) is 7.66. The molecule has 0 saturated heterocycles. The first-order chi connectivity index (χ1) is 6.02. The van der Waals surface area contributed by atoms with Gasteiger partial charge in [-0.2, -0.15) is 0 Å². The van der Waals surface area contributed by atoms with Gasteiger partial charge in [0.25, 0.3) is 5.24 Å². The molecular formula is C8H4ClFO3. The molecule has 0 aromatic heterocycles. The predicted octanol–water partition coefficient (Wildman–Crippen LogP) is 1.90. The van der Waals surface area contributed by atoms with Crippen LogP contribution in [-0.2, 0) is 0 Å². The zero-order chi connectivity index (χ0) is 10.0. The summed E-state index contributed by atoms with van der Waals surface area (Å²) in [4.78, 5) is 21.0. The number of carbonyl (C=O) groups excluding carboxylic acids is 1. The molecule has 5 heteroatoms. The van der Waals surface area contributed by atoms with Gasteiger partial charge < -0.3 is 5.11 Å². The molecule has 13 heavy (non-hydrogen) atoms. The Morgan fingerprint density at radius 2 is 2.00 bits per heavy atom. The van der Waals surface area contributed by atoms with Gasteiger partial charge in [0, 0.05) is 5.56 Å². The number of rotatable bonds is 2. The molecule has 0 aliphatic carbocycles. The van der Waals surface area contributed by atoms with Crippen molar-refractivity contribution in [3.05, 3.63) is 35.1 Å². The molecule has 0 radical (unpaired) electrons. The predicted molar refractivity (Wildman–Crippen MR) is 43.5 cm³/mol. The second-order valence-corrected chi connectivity index (χ2v) is 2.62.